The number of nitrogens with zero attached hydrogens (tertiary/aromatic N) is 6. The van der Waals surface area contributed by atoms with Crippen LogP contribution in [0.15, 0.2) is 58.6 Å². The third-order valence-corrected chi connectivity index (χ3v) is 5.56. The molecule has 0 unspecified atom stereocenters. The van der Waals surface area contributed by atoms with Gasteiger partial charge in [0.05, 0.1) is 12.2 Å². The SMILES string of the molecule is O=c1c(N2CC(Cn3nc(-c4cccnc4)ccc3=O)C2)nccn1CC1CC1. The Morgan fingerprint density at radius 2 is 1.86 bits per heavy atom. The molecular weight excluding hydrogens is 368 g/mol. The molecule has 8 heteroatoms. The Hall–Kier alpha value is -3.29. The number of anilines is 1. The van der Waals surface area contributed by atoms with Gasteiger partial charge in [-0.2, -0.15) is 5.10 Å². The summed E-state index contributed by atoms with van der Waals surface area (Å²) in [4.78, 5) is 35.3. The fourth-order valence-electron chi connectivity index (χ4n) is 3.73. The number of aromatic nitrogens is 5. The topological polar surface area (TPSA) is 85.9 Å². The summed E-state index contributed by atoms with van der Waals surface area (Å²) in [6.45, 7) is 2.69. The molecule has 0 bridgehead atoms. The van der Waals surface area contributed by atoms with Crippen LogP contribution in [0.5, 0.6) is 0 Å². The molecule has 0 spiro atoms. The molecule has 1 aliphatic heterocycles. The number of hydrogen-bond donors (Lipinski definition) is 0. The van der Waals surface area contributed by atoms with Crippen molar-refractivity contribution in [2.75, 3.05) is 18.0 Å². The monoisotopic (exact) mass is 390 g/mol. The quantitative estimate of drug-likeness (QED) is 0.633. The molecule has 4 heterocycles. The maximum atomic E-state index is 12.7. The zero-order chi connectivity index (χ0) is 19.8. The predicted molar refractivity (Wildman–Crippen MR) is 109 cm³/mol. The van der Waals surface area contributed by atoms with Crippen molar-refractivity contribution in [2.45, 2.75) is 25.9 Å². The second-order valence-electron chi connectivity index (χ2n) is 7.90. The molecule has 1 saturated heterocycles. The Kier molecular flexibility index (Phi) is 4.46. The van der Waals surface area contributed by atoms with Crippen molar-refractivity contribution in [1.82, 2.24) is 24.3 Å². The van der Waals surface area contributed by atoms with E-state index in [0.29, 0.717) is 31.4 Å². The maximum Gasteiger partial charge on any atom is 0.293 e. The van der Waals surface area contributed by atoms with Crippen molar-refractivity contribution in [3.63, 3.8) is 0 Å². The summed E-state index contributed by atoms with van der Waals surface area (Å²) in [5, 5.41) is 4.50. The van der Waals surface area contributed by atoms with Crippen molar-refractivity contribution >= 4 is 5.82 Å². The van der Waals surface area contributed by atoms with Crippen LogP contribution in [0.2, 0.25) is 0 Å². The lowest BCUT2D eigenvalue weighted by atomic mass is 10.0. The highest BCUT2D eigenvalue weighted by molar-refractivity contribution is 5.56. The summed E-state index contributed by atoms with van der Waals surface area (Å²) < 4.78 is 3.28. The maximum absolute atomic E-state index is 12.7. The van der Waals surface area contributed by atoms with E-state index in [1.54, 1.807) is 41.5 Å². The lowest BCUT2D eigenvalue weighted by Crippen LogP contribution is -2.52. The van der Waals surface area contributed by atoms with Gasteiger partial charge in [0.25, 0.3) is 11.1 Å². The second-order valence-corrected chi connectivity index (χ2v) is 7.90. The fraction of sp³-hybridized carbons (Fsp3) is 0.381. The Balaban J connectivity index is 1.28. The van der Waals surface area contributed by atoms with Crippen LogP contribution >= 0.6 is 0 Å². The third kappa shape index (κ3) is 3.70. The molecule has 29 heavy (non-hydrogen) atoms. The Morgan fingerprint density at radius 1 is 1.00 bits per heavy atom. The van der Waals surface area contributed by atoms with Gasteiger partial charge in [-0.3, -0.25) is 14.6 Å². The Labute approximate surface area is 167 Å². The first-order valence-corrected chi connectivity index (χ1v) is 9.96. The minimum Gasteiger partial charge on any atom is -0.351 e. The first-order chi connectivity index (χ1) is 14.2. The van der Waals surface area contributed by atoms with Crippen LogP contribution < -0.4 is 16.0 Å². The van der Waals surface area contributed by atoms with Gasteiger partial charge in [-0.15, -0.1) is 0 Å². The van der Waals surface area contributed by atoms with Crippen LogP contribution in [0.4, 0.5) is 5.82 Å². The fourth-order valence-corrected chi connectivity index (χ4v) is 3.73. The van der Waals surface area contributed by atoms with Gasteiger partial charge in [-0.1, -0.05) is 0 Å². The summed E-state index contributed by atoms with van der Waals surface area (Å²) in [6.07, 6.45) is 9.32. The van der Waals surface area contributed by atoms with E-state index in [1.807, 2.05) is 17.0 Å². The predicted octanol–water partition coefficient (Wildman–Crippen LogP) is 1.41. The molecule has 3 aromatic heterocycles. The van der Waals surface area contributed by atoms with Gasteiger partial charge in [0.15, 0.2) is 5.82 Å². The van der Waals surface area contributed by atoms with E-state index in [1.165, 1.54) is 17.5 Å². The third-order valence-electron chi connectivity index (χ3n) is 5.56. The van der Waals surface area contributed by atoms with Gasteiger partial charge in [0, 0.05) is 62.0 Å². The summed E-state index contributed by atoms with van der Waals surface area (Å²) in [5.74, 6) is 1.40. The number of rotatable bonds is 6. The zero-order valence-electron chi connectivity index (χ0n) is 16.0. The Bertz CT molecular complexity index is 1130. The number of pyridine rings is 1. The van der Waals surface area contributed by atoms with E-state index in [9.17, 15) is 9.59 Å². The molecule has 8 nitrogen and oxygen atoms in total. The van der Waals surface area contributed by atoms with Gasteiger partial charge in [0.1, 0.15) is 0 Å². The average Bonchev–Trinajstić information content (AvgIpc) is 3.53. The molecular formula is C21H22N6O2. The average molecular weight is 390 g/mol. The summed E-state index contributed by atoms with van der Waals surface area (Å²) >= 11 is 0. The van der Waals surface area contributed by atoms with Crippen LogP contribution in [0.25, 0.3) is 11.3 Å². The van der Waals surface area contributed by atoms with Crippen molar-refractivity contribution in [3.05, 3.63) is 69.8 Å². The van der Waals surface area contributed by atoms with Gasteiger partial charge in [-0.05, 0) is 37.0 Å². The molecule has 1 saturated carbocycles. The molecule has 0 amide bonds. The summed E-state index contributed by atoms with van der Waals surface area (Å²) in [6, 6.07) is 7.03. The molecule has 2 aliphatic rings. The first-order valence-electron chi connectivity index (χ1n) is 9.96. The molecule has 1 aliphatic carbocycles. The summed E-state index contributed by atoms with van der Waals surface area (Å²) in [7, 11) is 0. The molecule has 0 aromatic carbocycles. The minimum atomic E-state index is -0.124. The van der Waals surface area contributed by atoms with E-state index in [-0.39, 0.29) is 17.0 Å². The lowest BCUT2D eigenvalue weighted by Gasteiger charge is -2.39. The second kappa shape index (κ2) is 7.27. The normalized spacial score (nSPS) is 16.6. The molecule has 3 aromatic rings. The van der Waals surface area contributed by atoms with Crippen LogP contribution in [-0.4, -0.2) is 37.4 Å². The highest BCUT2D eigenvalue weighted by Gasteiger charge is 2.31. The van der Waals surface area contributed by atoms with Crippen LogP contribution in [-0.2, 0) is 13.1 Å². The van der Waals surface area contributed by atoms with Gasteiger partial charge in [0.2, 0.25) is 0 Å². The van der Waals surface area contributed by atoms with E-state index in [2.05, 4.69) is 15.1 Å². The smallest absolute Gasteiger partial charge is 0.293 e. The summed E-state index contributed by atoms with van der Waals surface area (Å²) in [5.41, 5.74) is 1.45. The first kappa shape index (κ1) is 17.8. The largest absolute Gasteiger partial charge is 0.351 e. The number of hydrogen-bond acceptors (Lipinski definition) is 6. The van der Waals surface area contributed by atoms with Gasteiger partial charge < -0.3 is 9.47 Å². The highest BCUT2D eigenvalue weighted by Crippen LogP contribution is 2.30. The van der Waals surface area contributed by atoms with Crippen LogP contribution in [0.3, 0.4) is 0 Å². The molecule has 0 radical (unpaired) electrons. The zero-order valence-corrected chi connectivity index (χ0v) is 16.0. The minimum absolute atomic E-state index is 0.0216. The standard InChI is InChI=1S/C21H22N6O2/c28-19-6-5-18(17-2-1-7-22-10-17)24-27(19)14-16-12-26(13-16)20-21(29)25(9-8-23-20)11-15-3-4-15/h1-2,5-10,15-16H,3-4,11-14H2. The Morgan fingerprint density at radius 3 is 2.62 bits per heavy atom. The molecule has 2 fully saturated rings. The molecule has 148 valence electrons. The van der Waals surface area contributed by atoms with Gasteiger partial charge in [-0.25, -0.2) is 9.67 Å². The van der Waals surface area contributed by atoms with E-state index >= 15 is 0 Å². The van der Waals surface area contributed by atoms with Gasteiger partial charge >= 0.3 is 0 Å². The van der Waals surface area contributed by atoms with Crippen molar-refractivity contribution in [2.24, 2.45) is 11.8 Å². The van der Waals surface area contributed by atoms with E-state index in [0.717, 1.165) is 17.8 Å². The van der Waals surface area contributed by atoms with Crippen molar-refractivity contribution in [1.29, 1.82) is 0 Å². The van der Waals surface area contributed by atoms with E-state index in [4.69, 9.17) is 0 Å². The molecule has 0 atom stereocenters. The van der Waals surface area contributed by atoms with Crippen LogP contribution in [0.1, 0.15) is 12.8 Å². The highest BCUT2D eigenvalue weighted by atomic mass is 16.1. The molecule has 0 N–H and O–H groups in total. The van der Waals surface area contributed by atoms with Crippen LogP contribution in [0, 0.1) is 11.8 Å². The lowest BCUT2D eigenvalue weighted by molar-refractivity contribution is 0.332. The van der Waals surface area contributed by atoms with Crippen molar-refractivity contribution in [3.8, 4) is 11.3 Å². The van der Waals surface area contributed by atoms with Crippen molar-refractivity contribution < 1.29 is 0 Å². The molecule has 5 rings (SSSR count). The van der Waals surface area contributed by atoms with E-state index < -0.39 is 0 Å².